The average molecular weight is 612 g/mol. The lowest BCUT2D eigenvalue weighted by atomic mass is 9.81. The number of benzene rings is 4. The molecule has 0 amide bonds. The van der Waals surface area contributed by atoms with Gasteiger partial charge in [0.15, 0.2) is 0 Å². The van der Waals surface area contributed by atoms with Gasteiger partial charge < -0.3 is 5.32 Å². The Morgan fingerprint density at radius 2 is 1.43 bits per heavy atom. The first-order valence-corrected chi connectivity index (χ1v) is 16.3. The first kappa shape index (κ1) is 33.0. The summed E-state index contributed by atoms with van der Waals surface area (Å²) in [5.41, 5.74) is 15.2. The second-order valence-electron chi connectivity index (χ2n) is 12.4. The van der Waals surface area contributed by atoms with Crippen molar-refractivity contribution in [3.05, 3.63) is 198 Å². The van der Waals surface area contributed by atoms with Crippen molar-refractivity contribution in [3.63, 3.8) is 0 Å². The summed E-state index contributed by atoms with van der Waals surface area (Å²) in [6.07, 6.45) is 18.9. The van der Waals surface area contributed by atoms with Gasteiger partial charge in [0.2, 0.25) is 0 Å². The fraction of sp³-hybridized carbons (Fsp3) is 0.130. The smallest absolute Gasteiger partial charge is 0.0460 e. The molecule has 47 heavy (non-hydrogen) atoms. The monoisotopic (exact) mass is 611 g/mol. The van der Waals surface area contributed by atoms with E-state index in [1.54, 1.807) is 0 Å². The topological polar surface area (TPSA) is 12.0 Å². The Hall–Kier alpha value is -5.40. The molecule has 0 aliphatic heterocycles. The molecule has 234 valence electrons. The predicted octanol–water partition coefficient (Wildman–Crippen LogP) is 12.9. The molecule has 0 saturated heterocycles. The van der Waals surface area contributed by atoms with Crippen LogP contribution < -0.4 is 5.32 Å². The molecule has 1 nitrogen and oxygen atoms in total. The van der Waals surface area contributed by atoms with Crippen LogP contribution in [0, 0.1) is 0 Å². The Labute approximate surface area is 282 Å². The maximum atomic E-state index is 4.06. The van der Waals surface area contributed by atoms with Gasteiger partial charge in [0.05, 0.1) is 0 Å². The van der Waals surface area contributed by atoms with E-state index in [0.29, 0.717) is 0 Å². The van der Waals surface area contributed by atoms with Crippen molar-refractivity contribution in [2.24, 2.45) is 0 Å². The highest BCUT2D eigenvalue weighted by Gasteiger charge is 2.31. The number of allylic oxidation sites excluding steroid dienone is 12. The molecule has 1 aliphatic rings. The summed E-state index contributed by atoms with van der Waals surface area (Å²) in [5.74, 6) is 0. The Morgan fingerprint density at radius 3 is 2.09 bits per heavy atom. The Balaban J connectivity index is 1.60. The van der Waals surface area contributed by atoms with E-state index in [1.165, 1.54) is 44.5 Å². The lowest BCUT2D eigenvalue weighted by Crippen LogP contribution is -2.15. The molecule has 1 N–H and O–H groups in total. The Morgan fingerprint density at radius 1 is 0.723 bits per heavy atom. The molecule has 0 radical (unpaired) electrons. The van der Waals surface area contributed by atoms with E-state index < -0.39 is 0 Å². The van der Waals surface area contributed by atoms with E-state index in [0.717, 1.165) is 28.1 Å². The summed E-state index contributed by atoms with van der Waals surface area (Å²) in [6.45, 7) is 18.8. The first-order chi connectivity index (χ1) is 22.8. The summed E-state index contributed by atoms with van der Waals surface area (Å²) < 4.78 is 0. The number of hydrogen-bond donors (Lipinski definition) is 1. The van der Waals surface area contributed by atoms with E-state index in [1.807, 2.05) is 18.2 Å². The zero-order valence-corrected chi connectivity index (χ0v) is 28.3. The normalized spacial score (nSPS) is 15.0. The quantitative estimate of drug-likeness (QED) is 0.166. The third-order valence-electron chi connectivity index (χ3n) is 8.97. The van der Waals surface area contributed by atoms with Gasteiger partial charge in [0, 0.05) is 22.4 Å². The summed E-state index contributed by atoms with van der Waals surface area (Å²) in [5, 5.41) is 3.79. The van der Waals surface area contributed by atoms with Crippen molar-refractivity contribution in [1.29, 1.82) is 0 Å². The zero-order chi connectivity index (χ0) is 33.4. The molecule has 0 heterocycles. The average Bonchev–Trinajstić information content (AvgIpc) is 3.36. The maximum absolute atomic E-state index is 4.06. The highest BCUT2D eigenvalue weighted by atomic mass is 14.9. The highest BCUT2D eigenvalue weighted by molar-refractivity contribution is 5.86. The van der Waals surface area contributed by atoms with Gasteiger partial charge in [-0.05, 0) is 113 Å². The lowest BCUT2D eigenvalue weighted by molar-refractivity contribution is 0.655. The molecule has 0 unspecified atom stereocenters. The number of fused-ring (bicyclic) bond motifs is 1. The molecule has 4 aromatic carbocycles. The van der Waals surface area contributed by atoms with Gasteiger partial charge in [-0.1, -0.05) is 142 Å². The minimum Gasteiger partial charge on any atom is -0.355 e. The van der Waals surface area contributed by atoms with Crippen LogP contribution in [-0.2, 0) is 5.41 Å². The number of nitrogens with one attached hydrogen (secondary N) is 1. The zero-order valence-electron chi connectivity index (χ0n) is 28.3. The SMILES string of the molecule is C=C/C=C\C(=C/C)c1cc(/C(C)=C/C=C(Nc2ccc3c(c2)C=C(C=C)C3(C)C)\C(=C/C)c2ccccc2)cc(-c2ccccc2)c1. The molecule has 0 bridgehead atoms. The Kier molecular flexibility index (Phi) is 10.4. The second kappa shape index (κ2) is 14.8. The van der Waals surface area contributed by atoms with Gasteiger partial charge in [0.25, 0.3) is 0 Å². The van der Waals surface area contributed by atoms with Crippen molar-refractivity contribution in [2.75, 3.05) is 5.32 Å². The van der Waals surface area contributed by atoms with Gasteiger partial charge >= 0.3 is 0 Å². The summed E-state index contributed by atoms with van der Waals surface area (Å²) in [4.78, 5) is 0. The highest BCUT2D eigenvalue weighted by Crippen LogP contribution is 2.43. The van der Waals surface area contributed by atoms with Crippen molar-refractivity contribution in [3.8, 4) is 11.1 Å². The minimum absolute atomic E-state index is 0.0475. The van der Waals surface area contributed by atoms with E-state index in [9.17, 15) is 0 Å². The van der Waals surface area contributed by atoms with Crippen LogP contribution in [0.4, 0.5) is 5.69 Å². The van der Waals surface area contributed by atoms with Gasteiger partial charge in [0.1, 0.15) is 0 Å². The molecule has 0 saturated carbocycles. The van der Waals surface area contributed by atoms with Crippen LogP contribution in [0.3, 0.4) is 0 Å². The summed E-state index contributed by atoms with van der Waals surface area (Å²) >= 11 is 0. The minimum atomic E-state index is -0.0475. The van der Waals surface area contributed by atoms with Crippen LogP contribution in [0.1, 0.15) is 62.4 Å². The van der Waals surface area contributed by atoms with Crippen molar-refractivity contribution in [1.82, 2.24) is 0 Å². The van der Waals surface area contributed by atoms with Crippen molar-refractivity contribution < 1.29 is 0 Å². The molecule has 0 fully saturated rings. The molecule has 5 rings (SSSR count). The van der Waals surface area contributed by atoms with E-state index in [4.69, 9.17) is 0 Å². The maximum Gasteiger partial charge on any atom is 0.0460 e. The van der Waals surface area contributed by atoms with Crippen LogP contribution in [0.5, 0.6) is 0 Å². The first-order valence-electron chi connectivity index (χ1n) is 16.3. The molecular weight excluding hydrogens is 567 g/mol. The number of rotatable bonds is 11. The van der Waals surface area contributed by atoms with Gasteiger partial charge in [-0.3, -0.25) is 0 Å². The Bertz CT molecular complexity index is 1950. The number of anilines is 1. The molecule has 4 aromatic rings. The van der Waals surface area contributed by atoms with E-state index >= 15 is 0 Å². The van der Waals surface area contributed by atoms with Gasteiger partial charge in [-0.15, -0.1) is 0 Å². The van der Waals surface area contributed by atoms with Crippen LogP contribution in [0.15, 0.2) is 170 Å². The fourth-order valence-electron chi connectivity index (χ4n) is 6.25. The van der Waals surface area contributed by atoms with Crippen molar-refractivity contribution in [2.45, 2.75) is 40.0 Å². The standard InChI is InChI=1S/C46H45N/c1-8-12-19-34(9-2)38-28-37(29-39(30-38)35-20-15-13-16-21-35)33(5)24-27-45(43(11-4)36-22-17-14-18-23-36)47-42-25-26-44-40(32-42)31-41(10-3)46(44,6)7/h8-32,47H,1,3H2,2,4-7H3/b19-12-,33-24+,34-9+,43-11-,45-27+. The fourth-order valence-corrected chi connectivity index (χ4v) is 6.25. The predicted molar refractivity (Wildman–Crippen MR) is 208 cm³/mol. The largest absolute Gasteiger partial charge is 0.355 e. The molecular formula is C46H45N. The van der Waals surface area contributed by atoms with Crippen LogP contribution in [0.2, 0.25) is 0 Å². The second-order valence-corrected chi connectivity index (χ2v) is 12.4. The molecule has 1 aliphatic carbocycles. The number of hydrogen-bond acceptors (Lipinski definition) is 1. The van der Waals surface area contributed by atoms with Crippen LogP contribution in [-0.4, -0.2) is 0 Å². The van der Waals surface area contributed by atoms with E-state index in [2.05, 4.69) is 187 Å². The summed E-state index contributed by atoms with van der Waals surface area (Å²) in [6, 6.07) is 34.7. The van der Waals surface area contributed by atoms with Crippen molar-refractivity contribution >= 4 is 28.5 Å². The van der Waals surface area contributed by atoms with Crippen LogP contribution in [0.25, 0.3) is 33.9 Å². The third kappa shape index (κ3) is 7.37. The molecule has 0 aromatic heterocycles. The molecule has 1 heteroatoms. The molecule has 0 atom stereocenters. The van der Waals surface area contributed by atoms with Gasteiger partial charge in [-0.25, -0.2) is 0 Å². The molecule has 0 spiro atoms. The lowest BCUT2D eigenvalue weighted by Gasteiger charge is -2.23. The van der Waals surface area contributed by atoms with Crippen LogP contribution >= 0.6 is 0 Å². The van der Waals surface area contributed by atoms with Gasteiger partial charge in [-0.2, -0.15) is 0 Å². The van der Waals surface area contributed by atoms with E-state index in [-0.39, 0.29) is 5.41 Å². The summed E-state index contributed by atoms with van der Waals surface area (Å²) in [7, 11) is 0. The third-order valence-corrected chi connectivity index (χ3v) is 8.97.